The van der Waals surface area contributed by atoms with E-state index in [1.54, 1.807) is 0 Å². The number of carbonyl (C=O) groups is 2. The molecule has 0 unspecified atom stereocenters. The molecule has 0 atom stereocenters. The van der Waals surface area contributed by atoms with E-state index in [2.05, 4.69) is 9.46 Å². The van der Waals surface area contributed by atoms with Crippen LogP contribution in [0.5, 0.6) is 0 Å². The number of esters is 1. The van der Waals surface area contributed by atoms with Crippen molar-refractivity contribution in [1.29, 1.82) is 0 Å². The van der Waals surface area contributed by atoms with E-state index in [1.165, 1.54) is 36.4 Å². The van der Waals surface area contributed by atoms with E-state index in [0.29, 0.717) is 0 Å². The van der Waals surface area contributed by atoms with Gasteiger partial charge in [0.15, 0.2) is 0 Å². The lowest BCUT2D eigenvalue weighted by Gasteiger charge is -2.10. The summed E-state index contributed by atoms with van der Waals surface area (Å²) in [6.45, 7) is 0. The number of methoxy groups -OCH3 is 1. The van der Waals surface area contributed by atoms with Gasteiger partial charge < -0.3 is 9.84 Å². The van der Waals surface area contributed by atoms with E-state index >= 15 is 0 Å². The normalized spacial score (nSPS) is 10.9. The number of hydrogen-bond donors (Lipinski definition) is 2. The second-order valence-electron chi connectivity index (χ2n) is 4.62. The second-order valence-corrected chi connectivity index (χ2v) is 6.71. The van der Waals surface area contributed by atoms with E-state index in [4.69, 9.17) is 16.7 Å². The van der Waals surface area contributed by atoms with Crippen molar-refractivity contribution in [2.45, 2.75) is 4.90 Å². The quantitative estimate of drug-likeness (QED) is 0.784. The summed E-state index contributed by atoms with van der Waals surface area (Å²) in [5.41, 5.74) is 0.121. The van der Waals surface area contributed by atoms with Gasteiger partial charge in [0, 0.05) is 5.69 Å². The van der Waals surface area contributed by atoms with Crippen molar-refractivity contribution in [2.24, 2.45) is 0 Å². The Kier molecular flexibility index (Phi) is 5.10. The summed E-state index contributed by atoms with van der Waals surface area (Å²) in [6, 6.07) is 8.78. The molecular formula is C15H12ClNO6S. The Morgan fingerprint density at radius 3 is 2.29 bits per heavy atom. The van der Waals surface area contributed by atoms with Crippen LogP contribution in [0.25, 0.3) is 0 Å². The Morgan fingerprint density at radius 1 is 1.12 bits per heavy atom. The molecule has 9 heteroatoms. The average Bonchev–Trinajstić information content (AvgIpc) is 2.54. The zero-order chi connectivity index (χ0) is 17.9. The maximum atomic E-state index is 12.4. The molecule has 126 valence electrons. The molecule has 2 aromatic rings. The van der Waals surface area contributed by atoms with Crippen LogP contribution >= 0.6 is 11.6 Å². The van der Waals surface area contributed by atoms with Crippen molar-refractivity contribution < 1.29 is 27.9 Å². The lowest BCUT2D eigenvalue weighted by Crippen LogP contribution is -2.14. The third kappa shape index (κ3) is 3.84. The van der Waals surface area contributed by atoms with Crippen molar-refractivity contribution in [3.63, 3.8) is 0 Å². The van der Waals surface area contributed by atoms with Crippen LogP contribution in [0.1, 0.15) is 20.7 Å². The van der Waals surface area contributed by atoms with E-state index in [0.717, 1.165) is 13.2 Å². The van der Waals surface area contributed by atoms with Crippen molar-refractivity contribution in [2.75, 3.05) is 11.8 Å². The number of halogens is 1. The minimum absolute atomic E-state index is 0.0254. The Balaban J connectivity index is 2.33. The van der Waals surface area contributed by atoms with Crippen molar-refractivity contribution in [3.8, 4) is 0 Å². The molecule has 2 rings (SSSR count). The van der Waals surface area contributed by atoms with Crippen molar-refractivity contribution in [3.05, 3.63) is 58.6 Å². The molecule has 0 saturated carbocycles. The molecule has 0 bridgehead atoms. The first-order valence-corrected chi connectivity index (χ1v) is 8.35. The minimum Gasteiger partial charge on any atom is -0.478 e. The summed E-state index contributed by atoms with van der Waals surface area (Å²) in [7, 11) is -2.84. The van der Waals surface area contributed by atoms with Crippen molar-refractivity contribution in [1.82, 2.24) is 0 Å². The van der Waals surface area contributed by atoms with E-state index in [1.807, 2.05) is 0 Å². The number of aromatic carboxylic acids is 1. The van der Waals surface area contributed by atoms with E-state index < -0.39 is 22.0 Å². The summed E-state index contributed by atoms with van der Waals surface area (Å²) in [6.07, 6.45) is 0. The van der Waals surface area contributed by atoms with Crippen LogP contribution in [-0.4, -0.2) is 32.6 Å². The maximum absolute atomic E-state index is 12.4. The Hall–Kier alpha value is -2.58. The van der Waals surface area contributed by atoms with Crippen LogP contribution in [0, 0.1) is 0 Å². The monoisotopic (exact) mass is 369 g/mol. The second kappa shape index (κ2) is 6.90. The van der Waals surface area contributed by atoms with Gasteiger partial charge in [0.05, 0.1) is 28.2 Å². The molecule has 0 aliphatic rings. The molecular weight excluding hydrogens is 358 g/mol. The zero-order valence-electron chi connectivity index (χ0n) is 12.3. The molecule has 0 aliphatic heterocycles. The minimum atomic E-state index is -3.99. The smallest absolute Gasteiger partial charge is 0.339 e. The van der Waals surface area contributed by atoms with Gasteiger partial charge in [-0.1, -0.05) is 11.6 Å². The fourth-order valence-electron chi connectivity index (χ4n) is 1.83. The maximum Gasteiger partial charge on any atom is 0.339 e. The number of anilines is 1. The van der Waals surface area contributed by atoms with Gasteiger partial charge in [-0.25, -0.2) is 18.0 Å². The average molecular weight is 370 g/mol. The number of ether oxygens (including phenoxy) is 1. The van der Waals surface area contributed by atoms with Crippen LogP contribution in [0.15, 0.2) is 47.4 Å². The Bertz CT molecular complexity index is 893. The lowest BCUT2D eigenvalue weighted by atomic mass is 10.2. The summed E-state index contributed by atoms with van der Waals surface area (Å²) < 4.78 is 31.6. The van der Waals surface area contributed by atoms with Gasteiger partial charge >= 0.3 is 11.9 Å². The summed E-state index contributed by atoms with van der Waals surface area (Å²) in [5.74, 6) is -1.88. The SMILES string of the molecule is COC(=O)c1cc(S(=O)(=O)Nc2ccc(C(=O)O)cc2)ccc1Cl. The van der Waals surface area contributed by atoms with Gasteiger partial charge in [-0.3, -0.25) is 4.72 Å². The predicted octanol–water partition coefficient (Wildman–Crippen LogP) is 2.63. The highest BCUT2D eigenvalue weighted by Gasteiger charge is 2.19. The largest absolute Gasteiger partial charge is 0.478 e. The van der Waals surface area contributed by atoms with Crippen LogP contribution < -0.4 is 4.72 Å². The first-order valence-electron chi connectivity index (χ1n) is 6.48. The lowest BCUT2D eigenvalue weighted by molar-refractivity contribution is 0.0599. The number of carboxylic acid groups (broad SMARTS) is 1. The number of carboxylic acids is 1. The molecule has 0 aliphatic carbocycles. The molecule has 0 fully saturated rings. The van der Waals surface area contributed by atoms with Gasteiger partial charge in [0.25, 0.3) is 10.0 Å². The van der Waals surface area contributed by atoms with Crippen LogP contribution in [0.3, 0.4) is 0 Å². The molecule has 0 amide bonds. The number of nitrogens with one attached hydrogen (secondary N) is 1. The van der Waals surface area contributed by atoms with Gasteiger partial charge in [-0.2, -0.15) is 0 Å². The molecule has 0 radical (unpaired) electrons. The summed E-state index contributed by atoms with van der Waals surface area (Å²) in [4.78, 5) is 22.2. The molecule has 0 saturated heterocycles. The van der Waals surface area contributed by atoms with Gasteiger partial charge in [-0.05, 0) is 42.5 Å². The zero-order valence-corrected chi connectivity index (χ0v) is 13.9. The number of hydrogen-bond acceptors (Lipinski definition) is 5. The molecule has 0 spiro atoms. The number of sulfonamides is 1. The first kappa shape index (κ1) is 17.8. The molecule has 7 nitrogen and oxygen atoms in total. The van der Waals surface area contributed by atoms with Gasteiger partial charge in [0.2, 0.25) is 0 Å². The molecule has 0 aromatic heterocycles. The van der Waals surface area contributed by atoms with Crippen LogP contribution in [-0.2, 0) is 14.8 Å². The van der Waals surface area contributed by atoms with Crippen LogP contribution in [0.4, 0.5) is 5.69 Å². The number of carbonyl (C=O) groups excluding carboxylic acids is 1. The topological polar surface area (TPSA) is 110 Å². The third-order valence-corrected chi connectivity index (χ3v) is 4.75. The van der Waals surface area contributed by atoms with Gasteiger partial charge in [0.1, 0.15) is 0 Å². The Labute approximate surface area is 142 Å². The summed E-state index contributed by atoms with van der Waals surface area (Å²) in [5, 5.41) is 8.88. The first-order chi connectivity index (χ1) is 11.2. The summed E-state index contributed by atoms with van der Waals surface area (Å²) >= 11 is 5.86. The third-order valence-electron chi connectivity index (χ3n) is 3.04. The molecule has 0 heterocycles. The Morgan fingerprint density at radius 2 is 1.75 bits per heavy atom. The fraction of sp³-hybridized carbons (Fsp3) is 0.0667. The van der Waals surface area contributed by atoms with E-state index in [-0.39, 0.29) is 26.7 Å². The van der Waals surface area contributed by atoms with Crippen molar-refractivity contribution >= 4 is 39.3 Å². The van der Waals surface area contributed by atoms with Gasteiger partial charge in [-0.15, -0.1) is 0 Å². The highest BCUT2D eigenvalue weighted by molar-refractivity contribution is 7.92. The number of benzene rings is 2. The highest BCUT2D eigenvalue weighted by atomic mass is 35.5. The molecule has 24 heavy (non-hydrogen) atoms. The van der Waals surface area contributed by atoms with E-state index in [9.17, 15) is 18.0 Å². The van der Waals surface area contributed by atoms with Crippen LogP contribution in [0.2, 0.25) is 5.02 Å². The number of rotatable bonds is 5. The fourth-order valence-corrected chi connectivity index (χ4v) is 3.11. The predicted molar refractivity (Wildman–Crippen MR) is 87.0 cm³/mol. The highest BCUT2D eigenvalue weighted by Crippen LogP contribution is 2.23. The molecule has 2 aromatic carbocycles. The standard InChI is InChI=1S/C15H12ClNO6S/c1-23-15(20)12-8-11(6-7-13(12)16)24(21,22)17-10-4-2-9(3-5-10)14(18)19/h2-8,17H,1H3,(H,18,19). The molecule has 2 N–H and O–H groups in total.